The Morgan fingerprint density at radius 1 is 1.16 bits per heavy atom. The van der Waals surface area contributed by atoms with Crippen molar-refractivity contribution in [2.45, 2.75) is 65.8 Å². The Balaban J connectivity index is 2.21. The van der Waals surface area contributed by atoms with Crippen molar-refractivity contribution >= 4 is 11.9 Å². The summed E-state index contributed by atoms with van der Waals surface area (Å²) in [7, 11) is 0. The molecule has 0 aromatic carbocycles. The van der Waals surface area contributed by atoms with Crippen molar-refractivity contribution in [3.8, 4) is 0 Å². The number of hydrogen-bond donors (Lipinski definition) is 3. The van der Waals surface area contributed by atoms with E-state index in [1.165, 1.54) is 38.9 Å². The fraction of sp³-hybridized carbons (Fsp3) is 0.895. The van der Waals surface area contributed by atoms with Crippen molar-refractivity contribution in [2.24, 2.45) is 10.9 Å². The molecule has 1 aliphatic heterocycles. The molecule has 1 fully saturated rings. The van der Waals surface area contributed by atoms with Crippen molar-refractivity contribution in [3.63, 3.8) is 0 Å². The highest BCUT2D eigenvalue weighted by molar-refractivity contribution is 5.85. The van der Waals surface area contributed by atoms with Crippen LogP contribution in [0.15, 0.2) is 4.99 Å². The van der Waals surface area contributed by atoms with Crippen LogP contribution in [0.5, 0.6) is 0 Å². The number of piperidine rings is 1. The zero-order chi connectivity index (χ0) is 18.7. The van der Waals surface area contributed by atoms with Crippen molar-refractivity contribution in [2.75, 3.05) is 39.3 Å². The third-order valence-electron chi connectivity index (χ3n) is 4.31. The second-order valence-electron chi connectivity index (χ2n) is 8.15. The molecule has 0 radical (unpaired) electrons. The second-order valence-corrected chi connectivity index (χ2v) is 8.15. The molecule has 146 valence electrons. The van der Waals surface area contributed by atoms with Gasteiger partial charge in [-0.3, -0.25) is 4.79 Å². The number of nitrogens with zero attached hydrogens (tertiary/aromatic N) is 2. The van der Waals surface area contributed by atoms with Crippen LogP contribution in [0.25, 0.3) is 0 Å². The number of rotatable bonds is 8. The summed E-state index contributed by atoms with van der Waals surface area (Å²) in [5, 5.41) is 9.44. The fourth-order valence-corrected chi connectivity index (χ4v) is 2.90. The van der Waals surface area contributed by atoms with E-state index < -0.39 is 0 Å². The molecule has 0 aromatic heterocycles. The van der Waals surface area contributed by atoms with E-state index in [9.17, 15) is 4.79 Å². The summed E-state index contributed by atoms with van der Waals surface area (Å²) in [4.78, 5) is 18.8. The topological polar surface area (TPSA) is 68.8 Å². The quantitative estimate of drug-likeness (QED) is 0.354. The van der Waals surface area contributed by atoms with E-state index in [0.717, 1.165) is 31.4 Å². The molecule has 0 spiro atoms. The molecule has 0 atom stereocenters. The summed E-state index contributed by atoms with van der Waals surface area (Å²) in [5.41, 5.74) is -0.218. The van der Waals surface area contributed by atoms with Crippen molar-refractivity contribution in [1.29, 1.82) is 0 Å². The van der Waals surface area contributed by atoms with Crippen molar-refractivity contribution < 1.29 is 4.79 Å². The normalized spacial score (nSPS) is 17.4. The van der Waals surface area contributed by atoms with Crippen LogP contribution in [0, 0.1) is 5.92 Å². The first-order valence-corrected chi connectivity index (χ1v) is 9.85. The van der Waals surface area contributed by atoms with Gasteiger partial charge in [0.05, 0.1) is 0 Å². The highest BCUT2D eigenvalue weighted by atomic mass is 16.2. The molecule has 6 heteroatoms. The molecule has 1 rings (SSSR count). The molecule has 0 bridgehead atoms. The standard InChI is InChI=1S/C19H39N5O/c1-6-20-18(22-15-17(25)23-19(3,4)5)21-11-7-8-12-24-13-9-16(2)10-14-24/h16H,6-15H2,1-5H3,(H,23,25)(H2,20,21,22). The van der Waals surface area contributed by atoms with E-state index in [1.54, 1.807) is 0 Å². The Bertz CT molecular complexity index is 409. The predicted molar refractivity (Wildman–Crippen MR) is 106 cm³/mol. The number of likely N-dealkylation sites (tertiary alicyclic amines) is 1. The minimum absolute atomic E-state index is 0.0518. The zero-order valence-corrected chi connectivity index (χ0v) is 17.0. The van der Waals surface area contributed by atoms with Crippen LogP contribution >= 0.6 is 0 Å². The van der Waals surface area contributed by atoms with E-state index in [1.807, 2.05) is 27.7 Å². The molecule has 25 heavy (non-hydrogen) atoms. The zero-order valence-electron chi connectivity index (χ0n) is 17.0. The lowest BCUT2D eigenvalue weighted by Gasteiger charge is -2.30. The van der Waals surface area contributed by atoms with Gasteiger partial charge in [0.25, 0.3) is 0 Å². The van der Waals surface area contributed by atoms with Crippen LogP contribution < -0.4 is 16.0 Å². The van der Waals surface area contributed by atoms with E-state index in [-0.39, 0.29) is 18.0 Å². The summed E-state index contributed by atoms with van der Waals surface area (Å²) in [5.74, 6) is 1.56. The second kappa shape index (κ2) is 11.3. The SMILES string of the molecule is CCNC(=NCC(=O)NC(C)(C)C)NCCCCN1CCC(C)CC1. The average Bonchev–Trinajstić information content (AvgIpc) is 2.52. The van der Waals surface area contributed by atoms with Gasteiger partial charge in [0.2, 0.25) is 5.91 Å². The smallest absolute Gasteiger partial charge is 0.242 e. The maximum atomic E-state index is 11.9. The summed E-state index contributed by atoms with van der Waals surface area (Å²) in [6.07, 6.45) is 4.99. The Morgan fingerprint density at radius 2 is 1.84 bits per heavy atom. The van der Waals surface area contributed by atoms with Crippen molar-refractivity contribution in [1.82, 2.24) is 20.9 Å². The molecule has 1 aliphatic rings. The molecule has 0 aromatic rings. The first-order chi connectivity index (χ1) is 11.8. The van der Waals surface area contributed by atoms with Gasteiger partial charge in [-0.2, -0.15) is 0 Å². The first kappa shape index (κ1) is 21.7. The molecule has 6 nitrogen and oxygen atoms in total. The average molecular weight is 354 g/mol. The molecule has 0 aliphatic carbocycles. The molecule has 0 unspecified atom stereocenters. The highest BCUT2D eigenvalue weighted by Gasteiger charge is 2.15. The fourth-order valence-electron chi connectivity index (χ4n) is 2.90. The summed E-state index contributed by atoms with van der Waals surface area (Å²) in [6, 6.07) is 0. The van der Waals surface area contributed by atoms with Crippen LogP contribution in [0.1, 0.15) is 60.3 Å². The largest absolute Gasteiger partial charge is 0.357 e. The minimum atomic E-state index is -0.218. The van der Waals surface area contributed by atoms with Gasteiger partial charge < -0.3 is 20.9 Å². The van der Waals surface area contributed by atoms with E-state index >= 15 is 0 Å². The van der Waals surface area contributed by atoms with Gasteiger partial charge in [-0.15, -0.1) is 0 Å². The maximum absolute atomic E-state index is 11.9. The number of aliphatic imine (C=N–C) groups is 1. The lowest BCUT2D eigenvalue weighted by molar-refractivity contribution is -0.121. The van der Waals surface area contributed by atoms with E-state index in [0.29, 0.717) is 0 Å². The third kappa shape index (κ3) is 11.0. The third-order valence-corrected chi connectivity index (χ3v) is 4.31. The van der Waals surface area contributed by atoms with Crippen LogP contribution in [0.3, 0.4) is 0 Å². The number of carbonyl (C=O) groups excluding carboxylic acids is 1. The van der Waals surface area contributed by atoms with Gasteiger partial charge in [-0.25, -0.2) is 4.99 Å². The van der Waals surface area contributed by atoms with Crippen LogP contribution in [0.2, 0.25) is 0 Å². The lowest BCUT2D eigenvalue weighted by atomic mass is 9.99. The Kier molecular flexibility index (Phi) is 9.86. The molecule has 0 saturated carbocycles. The Hall–Kier alpha value is -1.30. The first-order valence-electron chi connectivity index (χ1n) is 9.85. The van der Waals surface area contributed by atoms with Gasteiger partial charge >= 0.3 is 0 Å². The summed E-state index contributed by atoms with van der Waals surface area (Å²) in [6.45, 7) is 15.8. The minimum Gasteiger partial charge on any atom is -0.357 e. The monoisotopic (exact) mass is 353 g/mol. The number of unbranched alkanes of at least 4 members (excludes halogenated alkanes) is 1. The predicted octanol–water partition coefficient (Wildman–Crippen LogP) is 1.97. The van der Waals surface area contributed by atoms with Gasteiger partial charge in [0.15, 0.2) is 5.96 Å². The van der Waals surface area contributed by atoms with E-state index in [2.05, 4.69) is 32.8 Å². The van der Waals surface area contributed by atoms with Crippen LogP contribution in [-0.4, -0.2) is 61.6 Å². The van der Waals surface area contributed by atoms with Crippen molar-refractivity contribution in [3.05, 3.63) is 0 Å². The van der Waals surface area contributed by atoms with Gasteiger partial charge in [0, 0.05) is 18.6 Å². The lowest BCUT2D eigenvalue weighted by Crippen LogP contribution is -2.43. The highest BCUT2D eigenvalue weighted by Crippen LogP contribution is 2.15. The van der Waals surface area contributed by atoms with Gasteiger partial charge in [-0.05, 0) is 78.9 Å². The number of amides is 1. The van der Waals surface area contributed by atoms with Crippen LogP contribution in [0.4, 0.5) is 0 Å². The molecular formula is C19H39N5O. The van der Waals surface area contributed by atoms with Gasteiger partial charge in [0.1, 0.15) is 6.54 Å². The van der Waals surface area contributed by atoms with Gasteiger partial charge in [-0.1, -0.05) is 6.92 Å². The maximum Gasteiger partial charge on any atom is 0.242 e. The Labute approximate surface area is 154 Å². The Morgan fingerprint density at radius 3 is 2.44 bits per heavy atom. The van der Waals surface area contributed by atoms with E-state index in [4.69, 9.17) is 0 Å². The molecule has 3 N–H and O–H groups in total. The summed E-state index contributed by atoms with van der Waals surface area (Å²) < 4.78 is 0. The number of carbonyl (C=O) groups is 1. The molecular weight excluding hydrogens is 314 g/mol. The molecule has 1 amide bonds. The van der Waals surface area contributed by atoms with Crippen LogP contribution in [-0.2, 0) is 4.79 Å². The number of guanidine groups is 1. The summed E-state index contributed by atoms with van der Waals surface area (Å²) >= 11 is 0. The number of hydrogen-bond acceptors (Lipinski definition) is 3. The molecule has 1 saturated heterocycles. The molecule has 1 heterocycles. The number of nitrogens with one attached hydrogen (secondary N) is 3.